The summed E-state index contributed by atoms with van der Waals surface area (Å²) in [4.78, 5) is 13.1. The molecule has 0 aliphatic heterocycles. The van der Waals surface area contributed by atoms with E-state index in [1.54, 1.807) is 0 Å². The highest BCUT2D eigenvalue weighted by atomic mass is 35.5. The molecule has 0 atom stereocenters. The minimum absolute atomic E-state index is 0.161. The smallest absolute Gasteiger partial charge is 0.258 e. The fourth-order valence-corrected chi connectivity index (χ4v) is 2.19. The summed E-state index contributed by atoms with van der Waals surface area (Å²) in [5.74, 6) is -1.17. The van der Waals surface area contributed by atoms with Gasteiger partial charge in [-0.2, -0.15) is 4.39 Å². The van der Waals surface area contributed by atoms with Gasteiger partial charge in [0.2, 0.25) is 0 Å². The number of benzene rings is 1. The third-order valence-electron chi connectivity index (χ3n) is 2.32. The van der Waals surface area contributed by atoms with E-state index in [0.29, 0.717) is 10.6 Å². The number of nitrogens with zero attached hydrogens (tertiary/aromatic N) is 2. The molecule has 1 heterocycles. The van der Waals surface area contributed by atoms with Gasteiger partial charge in [-0.05, 0) is 12.1 Å². The summed E-state index contributed by atoms with van der Waals surface area (Å²) < 4.78 is 13.2. The minimum atomic E-state index is -1.17. The summed E-state index contributed by atoms with van der Waals surface area (Å²) in [6, 6.07) is 3.92. The Morgan fingerprint density at radius 2 is 1.89 bits per heavy atom. The van der Waals surface area contributed by atoms with Gasteiger partial charge in [-0.3, -0.25) is 10.1 Å². The molecule has 0 amide bonds. The maximum absolute atomic E-state index is 13.2. The standard InChI is InChI=1S/C11H4Cl3FN2O2/c12-6-2-7(10(14)8(13)3-6)5-1-9(17(18)19)11(15)16-4-5/h1-4H. The molecule has 0 saturated heterocycles. The Labute approximate surface area is 121 Å². The van der Waals surface area contributed by atoms with Gasteiger partial charge in [-0.1, -0.05) is 34.8 Å². The van der Waals surface area contributed by atoms with Crippen molar-refractivity contribution in [2.45, 2.75) is 0 Å². The molecule has 1 aromatic heterocycles. The van der Waals surface area contributed by atoms with Crippen LogP contribution in [0.1, 0.15) is 0 Å². The van der Waals surface area contributed by atoms with Gasteiger partial charge in [-0.15, -0.1) is 0 Å². The van der Waals surface area contributed by atoms with Gasteiger partial charge < -0.3 is 0 Å². The van der Waals surface area contributed by atoms with Crippen LogP contribution in [0.15, 0.2) is 24.4 Å². The highest BCUT2D eigenvalue weighted by Gasteiger charge is 2.18. The molecular formula is C11H4Cl3FN2O2. The lowest BCUT2D eigenvalue weighted by Crippen LogP contribution is -1.96. The molecule has 0 spiro atoms. The van der Waals surface area contributed by atoms with Gasteiger partial charge in [0.25, 0.3) is 5.95 Å². The van der Waals surface area contributed by atoms with Crippen molar-refractivity contribution in [1.29, 1.82) is 0 Å². The van der Waals surface area contributed by atoms with E-state index in [0.717, 1.165) is 12.3 Å². The maximum atomic E-state index is 13.2. The number of rotatable bonds is 2. The van der Waals surface area contributed by atoms with Crippen molar-refractivity contribution in [3.63, 3.8) is 0 Å². The van der Waals surface area contributed by atoms with Crippen LogP contribution < -0.4 is 0 Å². The van der Waals surface area contributed by atoms with Crippen molar-refractivity contribution in [3.05, 3.63) is 55.5 Å². The van der Waals surface area contributed by atoms with Crippen LogP contribution in [0, 0.1) is 16.1 Å². The van der Waals surface area contributed by atoms with Gasteiger partial charge in [0.05, 0.1) is 15.0 Å². The first-order valence-electron chi connectivity index (χ1n) is 4.85. The van der Waals surface area contributed by atoms with Crippen LogP contribution in [0.25, 0.3) is 11.1 Å². The molecule has 8 heteroatoms. The van der Waals surface area contributed by atoms with E-state index in [4.69, 9.17) is 34.8 Å². The summed E-state index contributed by atoms with van der Waals surface area (Å²) in [5.41, 5.74) is -0.151. The molecule has 2 aromatic rings. The number of hydrogen-bond acceptors (Lipinski definition) is 3. The molecule has 0 fully saturated rings. The lowest BCUT2D eigenvalue weighted by molar-refractivity contribution is -0.388. The first-order chi connectivity index (χ1) is 8.90. The van der Waals surface area contributed by atoms with Crippen LogP contribution in [0.3, 0.4) is 0 Å². The largest absolute Gasteiger partial charge is 0.324 e. The Morgan fingerprint density at radius 1 is 1.21 bits per heavy atom. The summed E-state index contributed by atoms with van der Waals surface area (Å²) >= 11 is 17.7. The zero-order chi connectivity index (χ0) is 14.2. The van der Waals surface area contributed by atoms with Crippen LogP contribution in [-0.4, -0.2) is 9.91 Å². The minimum Gasteiger partial charge on any atom is -0.258 e. The van der Waals surface area contributed by atoms with Crippen molar-refractivity contribution in [3.8, 4) is 11.1 Å². The van der Waals surface area contributed by atoms with E-state index in [2.05, 4.69) is 4.98 Å². The zero-order valence-electron chi connectivity index (χ0n) is 9.03. The van der Waals surface area contributed by atoms with Gasteiger partial charge >= 0.3 is 5.69 Å². The molecule has 19 heavy (non-hydrogen) atoms. The number of hydrogen-bond donors (Lipinski definition) is 0. The molecule has 2 rings (SSSR count). The third kappa shape index (κ3) is 2.78. The van der Waals surface area contributed by atoms with E-state index < -0.39 is 16.6 Å². The quantitative estimate of drug-likeness (QED) is 0.347. The Morgan fingerprint density at radius 3 is 2.53 bits per heavy atom. The molecule has 0 unspecified atom stereocenters. The van der Waals surface area contributed by atoms with E-state index in [-0.39, 0.29) is 15.6 Å². The first-order valence-corrected chi connectivity index (χ1v) is 5.98. The van der Waals surface area contributed by atoms with Gasteiger partial charge in [0.15, 0.2) is 0 Å². The molecule has 0 radical (unpaired) electrons. The summed E-state index contributed by atoms with van der Waals surface area (Å²) in [5, 5.41) is 11.3. The van der Waals surface area contributed by atoms with Crippen LogP contribution in [0.4, 0.5) is 10.1 Å². The Kier molecular flexibility index (Phi) is 3.89. The molecule has 0 aliphatic carbocycles. The molecule has 0 bridgehead atoms. The number of pyridine rings is 1. The predicted molar refractivity (Wildman–Crippen MR) is 71.3 cm³/mol. The number of nitro groups is 1. The summed E-state index contributed by atoms with van der Waals surface area (Å²) in [7, 11) is 0. The van der Waals surface area contributed by atoms with Crippen molar-refractivity contribution < 1.29 is 9.31 Å². The lowest BCUT2D eigenvalue weighted by Gasteiger charge is -2.07. The number of aromatic nitrogens is 1. The summed E-state index contributed by atoms with van der Waals surface area (Å²) in [6.45, 7) is 0. The lowest BCUT2D eigenvalue weighted by atomic mass is 10.1. The van der Waals surface area contributed by atoms with Gasteiger partial charge in [-0.25, -0.2) is 4.98 Å². The van der Waals surface area contributed by atoms with Gasteiger partial charge in [0.1, 0.15) is 0 Å². The molecule has 0 N–H and O–H groups in total. The second-order valence-electron chi connectivity index (χ2n) is 3.54. The van der Waals surface area contributed by atoms with E-state index in [1.165, 1.54) is 12.1 Å². The maximum Gasteiger partial charge on any atom is 0.324 e. The Balaban J connectivity index is 2.66. The van der Waals surface area contributed by atoms with E-state index in [9.17, 15) is 14.5 Å². The third-order valence-corrected chi connectivity index (χ3v) is 3.34. The molecular weight excluding hydrogens is 317 g/mol. The average Bonchev–Trinajstić information content (AvgIpc) is 2.34. The fraction of sp³-hybridized carbons (Fsp3) is 0. The molecule has 1 aromatic carbocycles. The van der Waals surface area contributed by atoms with Crippen LogP contribution in [0.5, 0.6) is 0 Å². The fourth-order valence-electron chi connectivity index (χ4n) is 1.48. The van der Waals surface area contributed by atoms with Crippen LogP contribution >= 0.6 is 34.8 Å². The molecule has 98 valence electrons. The van der Waals surface area contributed by atoms with Crippen molar-refractivity contribution in [1.82, 2.24) is 4.98 Å². The van der Waals surface area contributed by atoms with Gasteiger partial charge in [0, 0.05) is 28.4 Å². The normalized spacial score (nSPS) is 10.5. The molecule has 0 aliphatic rings. The topological polar surface area (TPSA) is 56.0 Å². The second-order valence-corrected chi connectivity index (χ2v) is 4.76. The summed E-state index contributed by atoms with van der Waals surface area (Å²) in [6.07, 6.45) is 1.12. The van der Waals surface area contributed by atoms with Crippen molar-refractivity contribution in [2.24, 2.45) is 0 Å². The molecule has 0 saturated carbocycles. The van der Waals surface area contributed by atoms with Crippen molar-refractivity contribution in [2.75, 3.05) is 0 Å². The van der Waals surface area contributed by atoms with E-state index >= 15 is 0 Å². The molecule has 4 nitrogen and oxygen atoms in total. The highest BCUT2D eigenvalue weighted by Crippen LogP contribution is 2.37. The van der Waals surface area contributed by atoms with Crippen LogP contribution in [0.2, 0.25) is 15.1 Å². The monoisotopic (exact) mass is 320 g/mol. The average molecular weight is 322 g/mol. The van der Waals surface area contributed by atoms with E-state index in [1.807, 2.05) is 0 Å². The van der Waals surface area contributed by atoms with Crippen LogP contribution in [-0.2, 0) is 0 Å². The SMILES string of the molecule is O=[N+]([O-])c1cc(-c2cc(Cl)cc(Cl)c2Cl)cnc1F. The first kappa shape index (κ1) is 14.0. The Hall–Kier alpha value is -1.43. The second kappa shape index (κ2) is 5.28. The predicted octanol–water partition coefficient (Wildman–Crippen LogP) is 4.76. The number of halogens is 4. The van der Waals surface area contributed by atoms with Crippen molar-refractivity contribution >= 4 is 40.5 Å². The highest BCUT2D eigenvalue weighted by molar-refractivity contribution is 6.45. The zero-order valence-corrected chi connectivity index (χ0v) is 11.3. The Bertz CT molecular complexity index is 679.